The van der Waals surface area contributed by atoms with Gasteiger partial charge >= 0.3 is 5.97 Å². The predicted molar refractivity (Wildman–Crippen MR) is 85.0 cm³/mol. The van der Waals surface area contributed by atoms with E-state index in [1.165, 1.54) is 0 Å². The third kappa shape index (κ3) is 3.80. The Balaban J connectivity index is 2.13. The van der Waals surface area contributed by atoms with Crippen LogP contribution < -0.4 is 5.73 Å². The Morgan fingerprint density at radius 3 is 1.91 bits per heavy atom. The molecule has 0 unspecified atom stereocenters. The van der Waals surface area contributed by atoms with Crippen molar-refractivity contribution in [3.63, 3.8) is 0 Å². The minimum atomic E-state index is -0.382. The fourth-order valence-corrected chi connectivity index (χ4v) is 2.13. The Hall–Kier alpha value is -2.46. The molecule has 0 saturated carbocycles. The Morgan fingerprint density at radius 2 is 1.41 bits per heavy atom. The molecule has 0 aliphatic heterocycles. The summed E-state index contributed by atoms with van der Waals surface area (Å²) >= 11 is 0. The molecule has 2 aromatic carbocycles. The first-order chi connectivity index (χ1) is 10.7. The molecule has 0 spiro atoms. The van der Waals surface area contributed by atoms with E-state index in [-0.39, 0.29) is 11.8 Å². The lowest BCUT2D eigenvalue weighted by atomic mass is 10.0. The van der Waals surface area contributed by atoms with E-state index in [2.05, 4.69) is 0 Å². The lowest BCUT2D eigenvalue weighted by Crippen LogP contribution is -2.06. The molecule has 2 rings (SSSR count). The van der Waals surface area contributed by atoms with Crippen LogP contribution in [0.4, 0.5) is 0 Å². The maximum atomic E-state index is 12.4. The SMILES string of the molecule is CCOC(=O)c1ccc(C(=O)c2ccc(CCN)cc2)cc1. The van der Waals surface area contributed by atoms with Crippen molar-refractivity contribution in [2.45, 2.75) is 13.3 Å². The number of esters is 1. The Morgan fingerprint density at radius 1 is 0.909 bits per heavy atom. The zero-order valence-corrected chi connectivity index (χ0v) is 12.5. The molecule has 4 nitrogen and oxygen atoms in total. The van der Waals surface area contributed by atoms with Gasteiger partial charge in [-0.1, -0.05) is 36.4 Å². The molecular weight excluding hydrogens is 278 g/mol. The Kier molecular flexibility index (Phi) is 5.44. The summed E-state index contributed by atoms with van der Waals surface area (Å²) in [5.41, 5.74) is 8.21. The van der Waals surface area contributed by atoms with E-state index in [9.17, 15) is 9.59 Å². The Bertz CT molecular complexity index is 645. The van der Waals surface area contributed by atoms with Gasteiger partial charge in [-0.25, -0.2) is 4.79 Å². The summed E-state index contributed by atoms with van der Waals surface area (Å²) in [5.74, 6) is -0.456. The van der Waals surface area contributed by atoms with Crippen molar-refractivity contribution < 1.29 is 14.3 Å². The van der Waals surface area contributed by atoms with Crippen molar-refractivity contribution in [1.82, 2.24) is 0 Å². The van der Waals surface area contributed by atoms with Crippen molar-refractivity contribution in [3.8, 4) is 0 Å². The standard InChI is InChI=1S/C18H19NO3/c1-2-22-18(21)16-9-7-15(8-10-16)17(20)14-5-3-13(4-6-14)11-12-19/h3-10H,2,11-12,19H2,1H3. The van der Waals surface area contributed by atoms with Gasteiger partial charge in [0.15, 0.2) is 5.78 Å². The molecule has 0 aliphatic carbocycles. The highest BCUT2D eigenvalue weighted by Gasteiger charge is 2.11. The first-order valence-electron chi connectivity index (χ1n) is 7.26. The van der Waals surface area contributed by atoms with Gasteiger partial charge in [0, 0.05) is 11.1 Å². The largest absolute Gasteiger partial charge is 0.462 e. The number of hydrogen-bond acceptors (Lipinski definition) is 4. The quantitative estimate of drug-likeness (QED) is 0.657. The molecule has 0 atom stereocenters. The van der Waals surface area contributed by atoms with Crippen LogP contribution in [0.15, 0.2) is 48.5 Å². The van der Waals surface area contributed by atoms with Gasteiger partial charge in [-0.05, 0) is 37.6 Å². The smallest absolute Gasteiger partial charge is 0.338 e. The van der Waals surface area contributed by atoms with Crippen LogP contribution in [0.5, 0.6) is 0 Å². The summed E-state index contributed by atoms with van der Waals surface area (Å²) in [7, 11) is 0. The van der Waals surface area contributed by atoms with Crippen LogP contribution >= 0.6 is 0 Å². The highest BCUT2D eigenvalue weighted by atomic mass is 16.5. The summed E-state index contributed by atoms with van der Waals surface area (Å²) in [5, 5.41) is 0. The van der Waals surface area contributed by atoms with Gasteiger partial charge in [-0.2, -0.15) is 0 Å². The monoisotopic (exact) mass is 297 g/mol. The molecule has 0 fully saturated rings. The molecule has 0 aliphatic rings. The number of nitrogens with two attached hydrogens (primary N) is 1. The molecule has 22 heavy (non-hydrogen) atoms. The van der Waals surface area contributed by atoms with Gasteiger partial charge < -0.3 is 10.5 Å². The normalized spacial score (nSPS) is 10.3. The van der Waals surface area contributed by atoms with Crippen LogP contribution in [0.25, 0.3) is 0 Å². The summed E-state index contributed by atoms with van der Waals surface area (Å²) in [4.78, 5) is 24.0. The lowest BCUT2D eigenvalue weighted by molar-refractivity contribution is 0.0526. The maximum absolute atomic E-state index is 12.4. The van der Waals surface area contributed by atoms with Gasteiger partial charge in [-0.15, -0.1) is 0 Å². The summed E-state index contributed by atoms with van der Waals surface area (Å²) in [6, 6.07) is 13.9. The van der Waals surface area contributed by atoms with Gasteiger partial charge in [0.2, 0.25) is 0 Å². The number of benzene rings is 2. The van der Waals surface area contributed by atoms with Crippen LogP contribution in [0, 0.1) is 0 Å². The average molecular weight is 297 g/mol. The molecule has 4 heteroatoms. The Labute approximate surface area is 129 Å². The topological polar surface area (TPSA) is 69.4 Å². The predicted octanol–water partition coefficient (Wildman–Crippen LogP) is 2.60. The third-order valence-corrected chi connectivity index (χ3v) is 3.31. The van der Waals surface area contributed by atoms with Crippen molar-refractivity contribution in [2.24, 2.45) is 5.73 Å². The third-order valence-electron chi connectivity index (χ3n) is 3.31. The molecule has 0 saturated heterocycles. The second-order valence-electron chi connectivity index (χ2n) is 4.86. The van der Waals surface area contributed by atoms with E-state index in [0.29, 0.717) is 29.8 Å². The van der Waals surface area contributed by atoms with Crippen molar-refractivity contribution in [3.05, 3.63) is 70.8 Å². The average Bonchev–Trinajstić information content (AvgIpc) is 2.55. The van der Waals surface area contributed by atoms with Gasteiger partial charge in [-0.3, -0.25) is 4.79 Å². The van der Waals surface area contributed by atoms with E-state index >= 15 is 0 Å². The highest BCUT2D eigenvalue weighted by Crippen LogP contribution is 2.13. The second kappa shape index (κ2) is 7.52. The number of ether oxygens (including phenoxy) is 1. The zero-order valence-electron chi connectivity index (χ0n) is 12.5. The molecule has 0 radical (unpaired) electrons. The highest BCUT2D eigenvalue weighted by molar-refractivity contribution is 6.09. The molecule has 0 aromatic heterocycles. The van der Waals surface area contributed by atoms with E-state index in [1.807, 2.05) is 12.1 Å². The van der Waals surface area contributed by atoms with Crippen LogP contribution in [0.3, 0.4) is 0 Å². The molecule has 0 heterocycles. The molecule has 2 aromatic rings. The zero-order chi connectivity index (χ0) is 15.9. The number of carbonyl (C=O) groups is 2. The maximum Gasteiger partial charge on any atom is 0.338 e. The van der Waals surface area contributed by atoms with E-state index in [1.54, 1.807) is 43.3 Å². The summed E-state index contributed by atoms with van der Waals surface area (Å²) in [6.45, 7) is 2.67. The van der Waals surface area contributed by atoms with Gasteiger partial charge in [0.1, 0.15) is 0 Å². The molecule has 0 bridgehead atoms. The fraction of sp³-hybridized carbons (Fsp3) is 0.222. The molecular formula is C18H19NO3. The number of hydrogen-bond donors (Lipinski definition) is 1. The summed E-state index contributed by atoms with van der Waals surface area (Å²) in [6.07, 6.45) is 0.794. The second-order valence-corrected chi connectivity index (χ2v) is 4.86. The summed E-state index contributed by atoms with van der Waals surface area (Å²) < 4.78 is 4.91. The van der Waals surface area contributed by atoms with E-state index in [4.69, 9.17) is 10.5 Å². The van der Waals surface area contributed by atoms with Crippen LogP contribution in [-0.2, 0) is 11.2 Å². The van der Waals surface area contributed by atoms with Crippen molar-refractivity contribution in [2.75, 3.05) is 13.2 Å². The molecule has 114 valence electrons. The van der Waals surface area contributed by atoms with Crippen LogP contribution in [-0.4, -0.2) is 24.9 Å². The van der Waals surface area contributed by atoms with E-state index in [0.717, 1.165) is 12.0 Å². The van der Waals surface area contributed by atoms with Gasteiger partial charge in [0.25, 0.3) is 0 Å². The molecule has 2 N–H and O–H groups in total. The minimum Gasteiger partial charge on any atom is -0.462 e. The van der Waals surface area contributed by atoms with Crippen molar-refractivity contribution in [1.29, 1.82) is 0 Å². The van der Waals surface area contributed by atoms with E-state index < -0.39 is 0 Å². The first-order valence-corrected chi connectivity index (χ1v) is 7.26. The van der Waals surface area contributed by atoms with Crippen LogP contribution in [0.2, 0.25) is 0 Å². The minimum absolute atomic E-state index is 0.0743. The fourth-order valence-electron chi connectivity index (χ4n) is 2.13. The van der Waals surface area contributed by atoms with Gasteiger partial charge in [0.05, 0.1) is 12.2 Å². The molecule has 0 amide bonds. The number of ketones is 1. The number of carbonyl (C=O) groups excluding carboxylic acids is 2. The van der Waals surface area contributed by atoms with Crippen molar-refractivity contribution >= 4 is 11.8 Å². The first kappa shape index (κ1) is 15.9. The lowest BCUT2D eigenvalue weighted by Gasteiger charge is -2.05. The number of rotatable bonds is 6. The van der Waals surface area contributed by atoms with Crippen LogP contribution in [0.1, 0.15) is 38.8 Å².